The van der Waals surface area contributed by atoms with E-state index in [4.69, 9.17) is 10.5 Å². The maximum atomic E-state index is 6.17. The lowest BCUT2D eigenvalue weighted by atomic mass is 10.0. The molecule has 0 amide bonds. The van der Waals surface area contributed by atoms with Crippen LogP contribution in [0.5, 0.6) is 5.88 Å². The molecule has 0 bridgehead atoms. The number of hydrogen-bond donors (Lipinski definition) is 1. The van der Waals surface area contributed by atoms with Crippen LogP contribution in [0.25, 0.3) is 0 Å². The van der Waals surface area contributed by atoms with Gasteiger partial charge >= 0.3 is 0 Å². The van der Waals surface area contributed by atoms with Crippen molar-refractivity contribution < 1.29 is 4.74 Å². The van der Waals surface area contributed by atoms with E-state index >= 15 is 0 Å². The van der Waals surface area contributed by atoms with Crippen LogP contribution in [0.4, 0.5) is 0 Å². The standard InChI is InChI=1S/C14H17N3O/c1-10-3-5-11(6-4-10)13(15)7-12-8-14(18-2)17-9-16-12/h3-6,8-9,13H,7,15H2,1-2H3. The van der Waals surface area contributed by atoms with Crippen LogP contribution in [0.2, 0.25) is 0 Å². The number of methoxy groups -OCH3 is 1. The van der Waals surface area contributed by atoms with Crippen LogP contribution in [0, 0.1) is 6.92 Å². The molecule has 18 heavy (non-hydrogen) atoms. The van der Waals surface area contributed by atoms with E-state index in [0.717, 1.165) is 11.3 Å². The molecule has 0 saturated carbocycles. The lowest BCUT2D eigenvalue weighted by Crippen LogP contribution is -2.14. The van der Waals surface area contributed by atoms with Crippen LogP contribution in [-0.2, 0) is 6.42 Å². The number of nitrogens with two attached hydrogens (primary N) is 1. The first-order chi connectivity index (χ1) is 8.69. The van der Waals surface area contributed by atoms with E-state index in [1.807, 2.05) is 6.07 Å². The molecule has 2 aromatic rings. The maximum absolute atomic E-state index is 6.17. The normalized spacial score (nSPS) is 12.2. The lowest BCUT2D eigenvalue weighted by Gasteiger charge is -2.12. The second-order valence-corrected chi connectivity index (χ2v) is 4.27. The van der Waals surface area contributed by atoms with E-state index in [1.165, 1.54) is 11.9 Å². The molecule has 1 unspecified atom stereocenters. The lowest BCUT2D eigenvalue weighted by molar-refractivity contribution is 0.395. The Morgan fingerprint density at radius 1 is 1.22 bits per heavy atom. The minimum absolute atomic E-state index is 0.0646. The summed E-state index contributed by atoms with van der Waals surface area (Å²) >= 11 is 0. The highest BCUT2D eigenvalue weighted by Crippen LogP contribution is 2.17. The van der Waals surface area contributed by atoms with Gasteiger partial charge < -0.3 is 10.5 Å². The van der Waals surface area contributed by atoms with Crippen LogP contribution in [-0.4, -0.2) is 17.1 Å². The predicted molar refractivity (Wildman–Crippen MR) is 70.4 cm³/mol. The minimum Gasteiger partial charge on any atom is -0.481 e. The second kappa shape index (κ2) is 5.60. The molecular formula is C14H17N3O. The van der Waals surface area contributed by atoms with Gasteiger partial charge in [-0.25, -0.2) is 9.97 Å². The average molecular weight is 243 g/mol. The molecule has 1 aromatic carbocycles. The topological polar surface area (TPSA) is 61.0 Å². The van der Waals surface area contributed by atoms with Crippen molar-refractivity contribution in [1.29, 1.82) is 0 Å². The molecule has 0 saturated heterocycles. The summed E-state index contributed by atoms with van der Waals surface area (Å²) in [5.41, 5.74) is 9.39. The summed E-state index contributed by atoms with van der Waals surface area (Å²) in [6.07, 6.45) is 2.16. The third kappa shape index (κ3) is 3.05. The number of rotatable bonds is 4. The van der Waals surface area contributed by atoms with Gasteiger partial charge in [-0.1, -0.05) is 29.8 Å². The molecule has 0 aliphatic carbocycles. The Kier molecular flexibility index (Phi) is 3.89. The Balaban J connectivity index is 2.10. The van der Waals surface area contributed by atoms with Crippen molar-refractivity contribution in [2.75, 3.05) is 7.11 Å². The molecule has 0 spiro atoms. The van der Waals surface area contributed by atoms with E-state index in [2.05, 4.69) is 41.2 Å². The van der Waals surface area contributed by atoms with E-state index in [1.54, 1.807) is 7.11 Å². The highest BCUT2D eigenvalue weighted by Gasteiger charge is 2.08. The Hall–Kier alpha value is -1.94. The van der Waals surface area contributed by atoms with Gasteiger partial charge in [-0.2, -0.15) is 0 Å². The molecule has 1 atom stereocenters. The van der Waals surface area contributed by atoms with Gasteiger partial charge in [0, 0.05) is 24.2 Å². The SMILES string of the molecule is COc1cc(CC(N)c2ccc(C)cc2)ncn1. The van der Waals surface area contributed by atoms with Crippen LogP contribution < -0.4 is 10.5 Å². The number of benzene rings is 1. The number of aryl methyl sites for hydroxylation is 1. The van der Waals surface area contributed by atoms with Crippen molar-refractivity contribution in [3.05, 3.63) is 53.5 Å². The zero-order valence-corrected chi connectivity index (χ0v) is 10.6. The van der Waals surface area contributed by atoms with E-state index in [0.29, 0.717) is 12.3 Å². The van der Waals surface area contributed by atoms with Crippen LogP contribution >= 0.6 is 0 Å². The van der Waals surface area contributed by atoms with Crippen molar-refractivity contribution in [3.8, 4) is 5.88 Å². The quantitative estimate of drug-likeness (QED) is 0.892. The fourth-order valence-corrected chi connectivity index (χ4v) is 1.76. The first-order valence-electron chi connectivity index (χ1n) is 5.86. The molecule has 0 radical (unpaired) electrons. The van der Waals surface area contributed by atoms with Crippen molar-refractivity contribution in [2.45, 2.75) is 19.4 Å². The van der Waals surface area contributed by atoms with Gasteiger partial charge in [0.15, 0.2) is 0 Å². The third-order valence-electron chi connectivity index (χ3n) is 2.84. The van der Waals surface area contributed by atoms with Crippen molar-refractivity contribution >= 4 is 0 Å². The van der Waals surface area contributed by atoms with Gasteiger partial charge in [-0.15, -0.1) is 0 Å². The molecule has 94 valence electrons. The van der Waals surface area contributed by atoms with Crippen LogP contribution in [0.3, 0.4) is 0 Å². The Morgan fingerprint density at radius 3 is 2.61 bits per heavy atom. The number of nitrogens with zero attached hydrogens (tertiary/aromatic N) is 2. The smallest absolute Gasteiger partial charge is 0.216 e. The zero-order chi connectivity index (χ0) is 13.0. The first kappa shape index (κ1) is 12.5. The van der Waals surface area contributed by atoms with Crippen LogP contribution in [0.1, 0.15) is 22.9 Å². The van der Waals surface area contributed by atoms with Crippen molar-refractivity contribution in [1.82, 2.24) is 9.97 Å². The van der Waals surface area contributed by atoms with Gasteiger partial charge in [0.05, 0.1) is 7.11 Å². The van der Waals surface area contributed by atoms with E-state index in [9.17, 15) is 0 Å². The fourth-order valence-electron chi connectivity index (χ4n) is 1.76. The van der Waals surface area contributed by atoms with Gasteiger partial charge in [0.1, 0.15) is 6.33 Å². The molecule has 1 heterocycles. The molecule has 4 heteroatoms. The molecular weight excluding hydrogens is 226 g/mol. The molecule has 4 nitrogen and oxygen atoms in total. The predicted octanol–water partition coefficient (Wildman–Crippen LogP) is 2.04. The maximum Gasteiger partial charge on any atom is 0.216 e. The summed E-state index contributed by atoms with van der Waals surface area (Å²) < 4.78 is 5.07. The van der Waals surface area contributed by atoms with E-state index < -0.39 is 0 Å². The molecule has 2 rings (SSSR count). The second-order valence-electron chi connectivity index (χ2n) is 4.27. The molecule has 0 aliphatic rings. The van der Waals surface area contributed by atoms with Crippen molar-refractivity contribution in [2.24, 2.45) is 5.73 Å². The number of aromatic nitrogens is 2. The molecule has 0 aliphatic heterocycles. The number of ether oxygens (including phenoxy) is 1. The van der Waals surface area contributed by atoms with Gasteiger partial charge in [-0.05, 0) is 12.5 Å². The molecule has 1 aromatic heterocycles. The Labute approximate surface area is 107 Å². The van der Waals surface area contributed by atoms with Gasteiger partial charge in [0.2, 0.25) is 5.88 Å². The van der Waals surface area contributed by atoms with Gasteiger partial charge in [-0.3, -0.25) is 0 Å². The van der Waals surface area contributed by atoms with Gasteiger partial charge in [0.25, 0.3) is 0 Å². The zero-order valence-electron chi connectivity index (χ0n) is 10.6. The molecule has 0 fully saturated rings. The highest BCUT2D eigenvalue weighted by molar-refractivity contribution is 5.25. The number of hydrogen-bond acceptors (Lipinski definition) is 4. The summed E-state index contributed by atoms with van der Waals surface area (Å²) in [5, 5.41) is 0. The summed E-state index contributed by atoms with van der Waals surface area (Å²) in [6.45, 7) is 2.06. The summed E-state index contributed by atoms with van der Waals surface area (Å²) in [7, 11) is 1.59. The minimum atomic E-state index is -0.0646. The monoisotopic (exact) mass is 243 g/mol. The van der Waals surface area contributed by atoms with Crippen LogP contribution in [0.15, 0.2) is 36.7 Å². The third-order valence-corrected chi connectivity index (χ3v) is 2.84. The summed E-state index contributed by atoms with van der Waals surface area (Å²) in [5.74, 6) is 0.566. The summed E-state index contributed by atoms with van der Waals surface area (Å²) in [6, 6.07) is 9.99. The fraction of sp³-hybridized carbons (Fsp3) is 0.286. The molecule has 2 N–H and O–H groups in total. The average Bonchev–Trinajstić information content (AvgIpc) is 2.39. The van der Waals surface area contributed by atoms with E-state index in [-0.39, 0.29) is 6.04 Å². The Morgan fingerprint density at radius 2 is 1.94 bits per heavy atom. The first-order valence-corrected chi connectivity index (χ1v) is 5.86. The largest absolute Gasteiger partial charge is 0.481 e. The van der Waals surface area contributed by atoms with Crippen molar-refractivity contribution in [3.63, 3.8) is 0 Å². The highest BCUT2D eigenvalue weighted by atomic mass is 16.5. The Bertz CT molecular complexity index is 511. The summed E-state index contributed by atoms with van der Waals surface area (Å²) in [4.78, 5) is 8.17.